The molecular weight excluding hydrogens is 330 g/mol. The van der Waals surface area contributed by atoms with E-state index in [0.29, 0.717) is 17.3 Å². The number of nitrogens with zero attached hydrogens (tertiary/aromatic N) is 2. The highest BCUT2D eigenvalue weighted by atomic mass is 16.5. The third-order valence-corrected chi connectivity index (χ3v) is 3.81. The highest BCUT2D eigenvalue weighted by molar-refractivity contribution is 5.91. The summed E-state index contributed by atoms with van der Waals surface area (Å²) in [4.78, 5) is 12.3. The Bertz CT molecular complexity index is 901. The van der Waals surface area contributed by atoms with Gasteiger partial charge >= 0.3 is 0 Å². The van der Waals surface area contributed by atoms with Crippen LogP contribution in [0.2, 0.25) is 0 Å². The highest BCUT2D eigenvalue weighted by Crippen LogP contribution is 2.25. The summed E-state index contributed by atoms with van der Waals surface area (Å²) in [5, 5.41) is 7.30. The number of rotatable bonds is 6. The highest BCUT2D eigenvalue weighted by Gasteiger charge is 2.12. The molecule has 6 heteroatoms. The van der Waals surface area contributed by atoms with Crippen molar-refractivity contribution in [3.05, 3.63) is 65.9 Å². The monoisotopic (exact) mass is 351 g/mol. The largest absolute Gasteiger partial charge is 0.493 e. The van der Waals surface area contributed by atoms with E-state index in [-0.39, 0.29) is 12.5 Å². The van der Waals surface area contributed by atoms with Crippen LogP contribution in [-0.2, 0) is 4.79 Å². The number of methoxy groups -OCH3 is 1. The molecule has 1 N–H and O–H groups in total. The van der Waals surface area contributed by atoms with Gasteiger partial charge in [-0.2, -0.15) is 5.10 Å². The van der Waals surface area contributed by atoms with E-state index in [0.717, 1.165) is 16.9 Å². The van der Waals surface area contributed by atoms with E-state index in [1.807, 2.05) is 56.3 Å². The Labute approximate surface area is 152 Å². The summed E-state index contributed by atoms with van der Waals surface area (Å²) in [6, 6.07) is 17.0. The maximum absolute atomic E-state index is 12.3. The molecule has 0 radical (unpaired) electrons. The zero-order chi connectivity index (χ0) is 18.5. The summed E-state index contributed by atoms with van der Waals surface area (Å²) in [5.41, 5.74) is 2.85. The van der Waals surface area contributed by atoms with Crippen molar-refractivity contribution in [2.75, 3.05) is 19.0 Å². The van der Waals surface area contributed by atoms with Crippen molar-refractivity contribution in [2.24, 2.45) is 0 Å². The molecule has 134 valence electrons. The van der Waals surface area contributed by atoms with Gasteiger partial charge in [0.05, 0.1) is 18.5 Å². The van der Waals surface area contributed by atoms with Crippen molar-refractivity contribution in [1.29, 1.82) is 0 Å². The number of hydrogen-bond donors (Lipinski definition) is 1. The number of anilines is 1. The number of amides is 1. The van der Waals surface area contributed by atoms with Crippen LogP contribution < -0.4 is 14.8 Å². The Balaban J connectivity index is 1.71. The van der Waals surface area contributed by atoms with Gasteiger partial charge in [0.1, 0.15) is 5.82 Å². The van der Waals surface area contributed by atoms with Crippen LogP contribution in [0.5, 0.6) is 11.5 Å². The van der Waals surface area contributed by atoms with Gasteiger partial charge in [0.2, 0.25) is 0 Å². The molecule has 0 fully saturated rings. The standard InChI is InChI=1S/C20H21N3O3/c1-14-8-10-16(11-9-14)23-19(12-15(2)22-23)21-20(24)13-26-18-7-5-4-6-17(18)25-3/h4-12H,13H2,1-3H3,(H,21,24). The predicted octanol–water partition coefficient (Wildman–Crippen LogP) is 3.52. The average Bonchev–Trinajstić information content (AvgIpc) is 3.01. The maximum Gasteiger partial charge on any atom is 0.263 e. The normalized spacial score (nSPS) is 10.4. The molecular formula is C20H21N3O3. The fourth-order valence-corrected chi connectivity index (χ4v) is 2.53. The number of hydrogen-bond acceptors (Lipinski definition) is 4. The molecule has 0 saturated carbocycles. The second-order valence-corrected chi connectivity index (χ2v) is 5.91. The van der Waals surface area contributed by atoms with Crippen LogP contribution >= 0.6 is 0 Å². The van der Waals surface area contributed by atoms with Crippen LogP contribution in [-0.4, -0.2) is 29.4 Å². The summed E-state index contributed by atoms with van der Waals surface area (Å²) in [5.74, 6) is 1.43. The molecule has 0 aliphatic carbocycles. The SMILES string of the molecule is COc1ccccc1OCC(=O)Nc1cc(C)nn1-c1ccc(C)cc1. The minimum absolute atomic E-state index is 0.126. The van der Waals surface area contributed by atoms with E-state index in [1.54, 1.807) is 23.9 Å². The molecule has 1 heterocycles. The molecule has 3 aromatic rings. The molecule has 0 bridgehead atoms. The molecule has 3 rings (SSSR count). The van der Waals surface area contributed by atoms with E-state index in [4.69, 9.17) is 9.47 Å². The van der Waals surface area contributed by atoms with Crippen LogP contribution in [0.4, 0.5) is 5.82 Å². The second kappa shape index (κ2) is 7.74. The van der Waals surface area contributed by atoms with E-state index >= 15 is 0 Å². The van der Waals surface area contributed by atoms with Crippen LogP contribution in [0, 0.1) is 13.8 Å². The van der Waals surface area contributed by atoms with Crippen molar-refractivity contribution in [2.45, 2.75) is 13.8 Å². The van der Waals surface area contributed by atoms with Crippen molar-refractivity contribution >= 4 is 11.7 Å². The van der Waals surface area contributed by atoms with Crippen LogP contribution in [0.25, 0.3) is 5.69 Å². The molecule has 1 amide bonds. The lowest BCUT2D eigenvalue weighted by Crippen LogP contribution is -2.22. The van der Waals surface area contributed by atoms with Gasteiger partial charge in [0.15, 0.2) is 18.1 Å². The lowest BCUT2D eigenvalue weighted by molar-refractivity contribution is -0.118. The van der Waals surface area contributed by atoms with Gasteiger partial charge < -0.3 is 14.8 Å². The Morgan fingerprint density at radius 1 is 1.08 bits per heavy atom. The minimum atomic E-state index is -0.274. The second-order valence-electron chi connectivity index (χ2n) is 5.91. The van der Waals surface area contributed by atoms with Crippen molar-refractivity contribution in [1.82, 2.24) is 9.78 Å². The van der Waals surface area contributed by atoms with Crippen LogP contribution in [0.3, 0.4) is 0 Å². The summed E-state index contributed by atoms with van der Waals surface area (Å²) in [6.45, 7) is 3.78. The lowest BCUT2D eigenvalue weighted by Gasteiger charge is -2.11. The number of carbonyl (C=O) groups is 1. The minimum Gasteiger partial charge on any atom is -0.493 e. The van der Waals surface area contributed by atoms with Gasteiger partial charge in [0.25, 0.3) is 5.91 Å². The van der Waals surface area contributed by atoms with Gasteiger partial charge in [-0.3, -0.25) is 4.79 Å². The number of ether oxygens (including phenoxy) is 2. The van der Waals surface area contributed by atoms with E-state index in [1.165, 1.54) is 0 Å². The molecule has 0 spiro atoms. The number of carbonyl (C=O) groups excluding carboxylic acids is 1. The summed E-state index contributed by atoms with van der Waals surface area (Å²) >= 11 is 0. The molecule has 6 nitrogen and oxygen atoms in total. The number of para-hydroxylation sites is 2. The molecule has 0 aliphatic heterocycles. The first-order valence-electron chi connectivity index (χ1n) is 8.26. The topological polar surface area (TPSA) is 65.4 Å². The molecule has 0 atom stereocenters. The third kappa shape index (κ3) is 4.03. The average molecular weight is 351 g/mol. The van der Waals surface area contributed by atoms with Crippen molar-refractivity contribution in [3.8, 4) is 17.2 Å². The summed E-state index contributed by atoms with van der Waals surface area (Å²) in [7, 11) is 1.56. The van der Waals surface area contributed by atoms with Gasteiger partial charge in [0, 0.05) is 6.07 Å². The number of benzene rings is 2. The first kappa shape index (κ1) is 17.5. The van der Waals surface area contributed by atoms with E-state index in [2.05, 4.69) is 10.4 Å². The Morgan fingerprint density at radius 3 is 2.46 bits per heavy atom. The Morgan fingerprint density at radius 2 is 1.77 bits per heavy atom. The quantitative estimate of drug-likeness (QED) is 0.738. The Hall–Kier alpha value is -3.28. The van der Waals surface area contributed by atoms with Crippen LogP contribution in [0.15, 0.2) is 54.6 Å². The van der Waals surface area contributed by atoms with Gasteiger partial charge in [-0.15, -0.1) is 0 Å². The fraction of sp³-hybridized carbons (Fsp3) is 0.200. The lowest BCUT2D eigenvalue weighted by atomic mass is 10.2. The molecule has 0 saturated heterocycles. The van der Waals surface area contributed by atoms with E-state index < -0.39 is 0 Å². The van der Waals surface area contributed by atoms with Gasteiger partial charge in [-0.05, 0) is 38.1 Å². The first-order valence-corrected chi connectivity index (χ1v) is 8.26. The number of aryl methyl sites for hydroxylation is 2. The smallest absolute Gasteiger partial charge is 0.263 e. The van der Waals surface area contributed by atoms with Gasteiger partial charge in [-0.1, -0.05) is 29.8 Å². The molecule has 0 unspecified atom stereocenters. The molecule has 2 aromatic carbocycles. The van der Waals surface area contributed by atoms with Gasteiger partial charge in [-0.25, -0.2) is 4.68 Å². The fourth-order valence-electron chi connectivity index (χ4n) is 2.53. The first-order chi connectivity index (χ1) is 12.6. The molecule has 26 heavy (non-hydrogen) atoms. The van der Waals surface area contributed by atoms with Crippen LogP contribution in [0.1, 0.15) is 11.3 Å². The summed E-state index contributed by atoms with van der Waals surface area (Å²) in [6.07, 6.45) is 0. The molecule has 0 aliphatic rings. The third-order valence-electron chi connectivity index (χ3n) is 3.81. The summed E-state index contributed by atoms with van der Waals surface area (Å²) < 4.78 is 12.5. The van der Waals surface area contributed by atoms with Crippen molar-refractivity contribution < 1.29 is 14.3 Å². The maximum atomic E-state index is 12.3. The number of nitrogens with one attached hydrogen (secondary N) is 1. The van der Waals surface area contributed by atoms with Crippen molar-refractivity contribution in [3.63, 3.8) is 0 Å². The zero-order valence-electron chi connectivity index (χ0n) is 15.0. The Kier molecular flexibility index (Phi) is 5.22. The zero-order valence-corrected chi connectivity index (χ0v) is 15.0. The molecule has 1 aromatic heterocycles. The number of aromatic nitrogens is 2. The predicted molar refractivity (Wildman–Crippen MR) is 100 cm³/mol. The van der Waals surface area contributed by atoms with E-state index in [9.17, 15) is 4.79 Å².